The number of rotatable bonds is 6. The molecule has 1 heterocycles. The number of imidazole rings is 1. The summed E-state index contributed by atoms with van der Waals surface area (Å²) in [5.74, 6) is 1.06. The quantitative estimate of drug-likeness (QED) is 0.791. The van der Waals surface area contributed by atoms with Crippen molar-refractivity contribution in [2.24, 2.45) is 0 Å². The van der Waals surface area contributed by atoms with Crippen molar-refractivity contribution in [3.63, 3.8) is 0 Å². The number of aryl methyl sites for hydroxylation is 1. The lowest BCUT2D eigenvalue weighted by Gasteiger charge is -2.11. The van der Waals surface area contributed by atoms with Gasteiger partial charge in [-0.05, 0) is 31.0 Å². The first kappa shape index (κ1) is 12.8. The fraction of sp³-hybridized carbons (Fsp3) is 0.400. The van der Waals surface area contributed by atoms with Gasteiger partial charge in [-0.3, -0.25) is 0 Å². The van der Waals surface area contributed by atoms with E-state index >= 15 is 0 Å². The molecule has 0 aliphatic heterocycles. The predicted octanol–water partition coefficient (Wildman–Crippen LogP) is 2.74. The Balaban J connectivity index is 2.10. The normalized spacial score (nSPS) is 10.8. The number of nitrogens with one attached hydrogen (secondary N) is 1. The van der Waals surface area contributed by atoms with E-state index < -0.39 is 0 Å². The molecule has 0 aliphatic rings. The summed E-state index contributed by atoms with van der Waals surface area (Å²) in [7, 11) is 0. The first-order chi connectivity index (χ1) is 8.81. The minimum atomic E-state index is 0.899. The van der Waals surface area contributed by atoms with Crippen molar-refractivity contribution in [2.45, 2.75) is 33.4 Å². The van der Waals surface area contributed by atoms with Gasteiger partial charge in [-0.1, -0.05) is 31.2 Å². The Morgan fingerprint density at radius 3 is 2.67 bits per heavy atom. The largest absolute Gasteiger partial charge is 0.331 e. The molecule has 0 bridgehead atoms. The Labute approximate surface area is 109 Å². The standard InChI is InChI=1S/C15H21N3/c1-3-8-16-11-14-6-4-5-7-15(14)12-18-10-9-17-13(18)2/h4-7,9-10,16H,3,8,11-12H2,1-2H3. The zero-order valence-corrected chi connectivity index (χ0v) is 11.2. The van der Waals surface area contributed by atoms with Crippen molar-refractivity contribution in [1.82, 2.24) is 14.9 Å². The summed E-state index contributed by atoms with van der Waals surface area (Å²) in [6, 6.07) is 8.60. The van der Waals surface area contributed by atoms with Gasteiger partial charge in [0, 0.05) is 25.5 Å². The average Bonchev–Trinajstić information content (AvgIpc) is 2.78. The lowest BCUT2D eigenvalue weighted by atomic mass is 10.1. The van der Waals surface area contributed by atoms with Crippen LogP contribution in [0.5, 0.6) is 0 Å². The second-order valence-corrected chi connectivity index (χ2v) is 4.55. The van der Waals surface area contributed by atoms with Crippen LogP contribution >= 0.6 is 0 Å². The zero-order valence-electron chi connectivity index (χ0n) is 11.2. The van der Waals surface area contributed by atoms with Crippen LogP contribution in [0.2, 0.25) is 0 Å². The van der Waals surface area contributed by atoms with Crippen molar-refractivity contribution in [3.8, 4) is 0 Å². The van der Waals surface area contributed by atoms with E-state index in [1.165, 1.54) is 17.5 Å². The predicted molar refractivity (Wildman–Crippen MR) is 74.5 cm³/mol. The molecule has 0 unspecified atom stereocenters. The fourth-order valence-electron chi connectivity index (χ4n) is 2.04. The Hall–Kier alpha value is -1.61. The molecule has 0 aliphatic carbocycles. The molecule has 1 N–H and O–H groups in total. The lowest BCUT2D eigenvalue weighted by Crippen LogP contribution is -2.16. The third-order valence-corrected chi connectivity index (χ3v) is 3.12. The Morgan fingerprint density at radius 2 is 2.00 bits per heavy atom. The maximum Gasteiger partial charge on any atom is 0.105 e. The van der Waals surface area contributed by atoms with Crippen LogP contribution in [0.3, 0.4) is 0 Å². The summed E-state index contributed by atoms with van der Waals surface area (Å²) in [5.41, 5.74) is 2.74. The number of hydrogen-bond donors (Lipinski definition) is 1. The summed E-state index contributed by atoms with van der Waals surface area (Å²) in [4.78, 5) is 4.27. The van der Waals surface area contributed by atoms with Crippen molar-refractivity contribution in [2.75, 3.05) is 6.54 Å². The van der Waals surface area contributed by atoms with Gasteiger partial charge in [-0.2, -0.15) is 0 Å². The number of hydrogen-bond acceptors (Lipinski definition) is 2. The molecule has 0 radical (unpaired) electrons. The molecule has 1 aromatic heterocycles. The molecule has 1 aromatic carbocycles. The summed E-state index contributed by atoms with van der Waals surface area (Å²) in [6.07, 6.45) is 5.06. The monoisotopic (exact) mass is 243 g/mol. The van der Waals surface area contributed by atoms with Crippen LogP contribution in [0, 0.1) is 6.92 Å². The van der Waals surface area contributed by atoms with Crippen molar-refractivity contribution >= 4 is 0 Å². The van der Waals surface area contributed by atoms with Crippen molar-refractivity contribution in [1.29, 1.82) is 0 Å². The Morgan fingerprint density at radius 1 is 1.22 bits per heavy atom. The van der Waals surface area contributed by atoms with Gasteiger partial charge in [0.15, 0.2) is 0 Å². The van der Waals surface area contributed by atoms with Gasteiger partial charge in [0.2, 0.25) is 0 Å². The van der Waals surface area contributed by atoms with E-state index in [0.29, 0.717) is 0 Å². The van der Waals surface area contributed by atoms with Crippen LogP contribution in [0.25, 0.3) is 0 Å². The molecule has 3 heteroatoms. The third kappa shape index (κ3) is 3.20. The van der Waals surface area contributed by atoms with Gasteiger partial charge >= 0.3 is 0 Å². The first-order valence-corrected chi connectivity index (χ1v) is 6.56. The van der Waals surface area contributed by atoms with Crippen LogP contribution in [-0.4, -0.2) is 16.1 Å². The van der Waals surface area contributed by atoms with Crippen LogP contribution in [-0.2, 0) is 13.1 Å². The summed E-state index contributed by atoms with van der Waals surface area (Å²) >= 11 is 0. The van der Waals surface area contributed by atoms with Gasteiger partial charge in [0.05, 0.1) is 0 Å². The molecule has 96 valence electrons. The van der Waals surface area contributed by atoms with Crippen LogP contribution in [0.15, 0.2) is 36.7 Å². The minimum absolute atomic E-state index is 0.899. The van der Waals surface area contributed by atoms with Crippen LogP contribution < -0.4 is 5.32 Å². The minimum Gasteiger partial charge on any atom is -0.331 e. The molecule has 0 atom stereocenters. The summed E-state index contributed by atoms with van der Waals surface area (Å²) in [5, 5.41) is 3.46. The fourth-order valence-corrected chi connectivity index (χ4v) is 2.04. The molecule has 18 heavy (non-hydrogen) atoms. The van der Waals surface area contributed by atoms with Gasteiger partial charge < -0.3 is 9.88 Å². The molecule has 2 aromatic rings. The van der Waals surface area contributed by atoms with Crippen molar-refractivity contribution in [3.05, 3.63) is 53.6 Å². The highest BCUT2D eigenvalue weighted by Crippen LogP contribution is 2.11. The van der Waals surface area contributed by atoms with Crippen molar-refractivity contribution < 1.29 is 0 Å². The van der Waals surface area contributed by atoms with E-state index in [0.717, 1.165) is 25.5 Å². The highest BCUT2D eigenvalue weighted by molar-refractivity contribution is 5.27. The molecule has 0 amide bonds. The Bertz CT molecular complexity index is 488. The molecule has 0 saturated heterocycles. The van der Waals surface area contributed by atoms with E-state index in [9.17, 15) is 0 Å². The van der Waals surface area contributed by atoms with E-state index in [1.54, 1.807) is 0 Å². The van der Waals surface area contributed by atoms with E-state index in [-0.39, 0.29) is 0 Å². The van der Waals surface area contributed by atoms with Gasteiger partial charge in [0.1, 0.15) is 5.82 Å². The number of aromatic nitrogens is 2. The van der Waals surface area contributed by atoms with Crippen LogP contribution in [0.1, 0.15) is 30.3 Å². The zero-order chi connectivity index (χ0) is 12.8. The molecule has 0 spiro atoms. The number of benzene rings is 1. The van der Waals surface area contributed by atoms with Gasteiger partial charge in [-0.25, -0.2) is 4.98 Å². The molecule has 0 fully saturated rings. The average molecular weight is 243 g/mol. The van der Waals surface area contributed by atoms with E-state index in [4.69, 9.17) is 0 Å². The van der Waals surface area contributed by atoms with Gasteiger partial charge in [0.25, 0.3) is 0 Å². The molecular formula is C15H21N3. The van der Waals surface area contributed by atoms with E-state index in [1.807, 2.05) is 19.3 Å². The summed E-state index contributed by atoms with van der Waals surface area (Å²) < 4.78 is 2.18. The molecular weight excluding hydrogens is 222 g/mol. The highest BCUT2D eigenvalue weighted by atomic mass is 15.0. The SMILES string of the molecule is CCCNCc1ccccc1Cn1ccnc1C. The van der Waals surface area contributed by atoms with Gasteiger partial charge in [-0.15, -0.1) is 0 Å². The third-order valence-electron chi connectivity index (χ3n) is 3.12. The maximum absolute atomic E-state index is 4.27. The first-order valence-electron chi connectivity index (χ1n) is 6.56. The summed E-state index contributed by atoms with van der Waals surface area (Å²) in [6.45, 7) is 7.14. The maximum atomic E-state index is 4.27. The van der Waals surface area contributed by atoms with E-state index in [2.05, 4.69) is 46.1 Å². The van der Waals surface area contributed by atoms with Crippen LogP contribution in [0.4, 0.5) is 0 Å². The Kier molecular flexibility index (Phi) is 4.53. The second kappa shape index (κ2) is 6.36. The smallest absolute Gasteiger partial charge is 0.105 e. The second-order valence-electron chi connectivity index (χ2n) is 4.55. The molecule has 2 rings (SSSR count). The number of nitrogens with zero attached hydrogens (tertiary/aromatic N) is 2. The highest BCUT2D eigenvalue weighted by Gasteiger charge is 2.03. The lowest BCUT2D eigenvalue weighted by molar-refractivity contribution is 0.664. The topological polar surface area (TPSA) is 29.9 Å². The molecule has 3 nitrogen and oxygen atoms in total. The molecule has 0 saturated carbocycles.